The SMILES string of the molecule is COc1cc(OC)c(OC)cc1C=C1Oc2cc(OS(=O)(=O)c3ccc(F)cc3)ccc2C1=O. The van der Waals surface area contributed by atoms with Gasteiger partial charge in [-0.3, -0.25) is 4.79 Å². The maximum atomic E-state index is 13.1. The second kappa shape index (κ2) is 9.06. The third-order valence-electron chi connectivity index (χ3n) is 4.97. The summed E-state index contributed by atoms with van der Waals surface area (Å²) in [5.41, 5.74) is 0.740. The fourth-order valence-corrected chi connectivity index (χ4v) is 4.22. The molecule has 0 atom stereocenters. The molecule has 1 aliphatic rings. The average molecular weight is 486 g/mol. The van der Waals surface area contributed by atoms with Crippen molar-refractivity contribution in [1.29, 1.82) is 0 Å². The van der Waals surface area contributed by atoms with Crippen molar-refractivity contribution in [2.75, 3.05) is 21.3 Å². The van der Waals surface area contributed by atoms with Gasteiger partial charge in [0.15, 0.2) is 17.3 Å². The van der Waals surface area contributed by atoms with Gasteiger partial charge < -0.3 is 23.1 Å². The molecular weight excluding hydrogens is 467 g/mol. The predicted molar refractivity (Wildman–Crippen MR) is 120 cm³/mol. The molecule has 0 radical (unpaired) electrons. The smallest absolute Gasteiger partial charge is 0.339 e. The number of Topliss-reactive ketones (excluding diaryl/α,β-unsaturated/α-hetero) is 1. The number of allylic oxidation sites excluding steroid dienone is 1. The zero-order chi connectivity index (χ0) is 24.5. The van der Waals surface area contributed by atoms with Crippen LogP contribution in [0, 0.1) is 5.82 Å². The van der Waals surface area contributed by atoms with E-state index in [1.54, 1.807) is 12.1 Å². The van der Waals surface area contributed by atoms with Crippen molar-refractivity contribution in [1.82, 2.24) is 0 Å². The number of halogens is 1. The van der Waals surface area contributed by atoms with Gasteiger partial charge in [0.2, 0.25) is 5.78 Å². The highest BCUT2D eigenvalue weighted by molar-refractivity contribution is 7.87. The summed E-state index contributed by atoms with van der Waals surface area (Å²) >= 11 is 0. The third kappa shape index (κ3) is 4.40. The first kappa shape index (κ1) is 23.1. The van der Waals surface area contributed by atoms with Crippen LogP contribution in [0.2, 0.25) is 0 Å². The minimum atomic E-state index is -4.21. The molecule has 10 heteroatoms. The minimum absolute atomic E-state index is 0.000869. The molecule has 3 aromatic rings. The number of fused-ring (bicyclic) bond motifs is 1. The molecule has 0 unspecified atom stereocenters. The monoisotopic (exact) mass is 486 g/mol. The van der Waals surface area contributed by atoms with Crippen molar-refractivity contribution in [3.8, 4) is 28.7 Å². The normalized spacial score (nSPS) is 13.9. The van der Waals surface area contributed by atoms with Gasteiger partial charge in [0.1, 0.15) is 28.0 Å². The van der Waals surface area contributed by atoms with Crippen molar-refractivity contribution < 1.29 is 40.7 Å². The molecule has 176 valence electrons. The molecular formula is C24H19FO8S. The Morgan fingerprint density at radius 1 is 0.853 bits per heavy atom. The van der Waals surface area contributed by atoms with E-state index in [4.69, 9.17) is 23.1 Å². The molecule has 34 heavy (non-hydrogen) atoms. The van der Waals surface area contributed by atoms with E-state index >= 15 is 0 Å². The standard InChI is InChI=1S/C24H19FO8S/c1-29-19-13-22(31-3)21(30-2)10-14(19)11-23-24(26)18-9-6-16(12-20(18)32-23)33-34(27,28)17-7-4-15(25)5-8-17/h4-13H,1-3H3. The highest BCUT2D eigenvalue weighted by Crippen LogP contribution is 2.39. The van der Waals surface area contributed by atoms with Gasteiger partial charge in [-0.1, -0.05) is 0 Å². The summed E-state index contributed by atoms with van der Waals surface area (Å²) in [6, 6.07) is 11.5. The van der Waals surface area contributed by atoms with Crippen LogP contribution >= 0.6 is 0 Å². The van der Waals surface area contributed by atoms with Crippen molar-refractivity contribution in [3.05, 3.63) is 77.3 Å². The molecule has 0 N–H and O–H groups in total. The van der Waals surface area contributed by atoms with E-state index in [0.29, 0.717) is 22.8 Å². The van der Waals surface area contributed by atoms with Crippen LogP contribution < -0.4 is 23.1 Å². The number of rotatable bonds is 7. The molecule has 1 heterocycles. The summed E-state index contributed by atoms with van der Waals surface area (Å²) in [6.45, 7) is 0. The highest BCUT2D eigenvalue weighted by atomic mass is 32.2. The summed E-state index contributed by atoms with van der Waals surface area (Å²) in [6.07, 6.45) is 1.49. The average Bonchev–Trinajstić information content (AvgIpc) is 3.13. The predicted octanol–water partition coefficient (Wildman–Crippen LogP) is 4.24. The number of ketones is 1. The summed E-state index contributed by atoms with van der Waals surface area (Å²) in [4.78, 5) is 12.6. The summed E-state index contributed by atoms with van der Waals surface area (Å²) < 4.78 is 64.8. The van der Waals surface area contributed by atoms with E-state index in [2.05, 4.69) is 0 Å². The number of hydrogen-bond donors (Lipinski definition) is 0. The number of hydrogen-bond acceptors (Lipinski definition) is 8. The van der Waals surface area contributed by atoms with Crippen LogP contribution in [0.1, 0.15) is 15.9 Å². The van der Waals surface area contributed by atoms with Gasteiger partial charge in [-0.15, -0.1) is 0 Å². The molecule has 0 bridgehead atoms. The van der Waals surface area contributed by atoms with Gasteiger partial charge >= 0.3 is 10.1 Å². The Kier molecular flexibility index (Phi) is 6.16. The topological polar surface area (TPSA) is 97.4 Å². The van der Waals surface area contributed by atoms with E-state index in [0.717, 1.165) is 24.3 Å². The first-order valence-corrected chi connectivity index (χ1v) is 11.2. The van der Waals surface area contributed by atoms with Crippen molar-refractivity contribution in [2.45, 2.75) is 4.90 Å². The lowest BCUT2D eigenvalue weighted by atomic mass is 10.1. The van der Waals surface area contributed by atoms with Gasteiger partial charge in [-0.25, -0.2) is 4.39 Å². The molecule has 1 aliphatic heterocycles. The van der Waals surface area contributed by atoms with E-state index in [-0.39, 0.29) is 27.7 Å². The largest absolute Gasteiger partial charge is 0.496 e. The van der Waals surface area contributed by atoms with E-state index < -0.39 is 21.7 Å². The summed E-state index contributed by atoms with van der Waals surface area (Å²) in [5, 5.41) is 0. The van der Waals surface area contributed by atoms with Gasteiger partial charge in [0.25, 0.3) is 0 Å². The first-order chi connectivity index (χ1) is 16.2. The Labute approximate surface area is 195 Å². The lowest BCUT2D eigenvalue weighted by molar-refractivity contribution is 0.101. The van der Waals surface area contributed by atoms with Gasteiger partial charge in [-0.2, -0.15) is 8.42 Å². The molecule has 0 fully saturated rings. The van der Waals surface area contributed by atoms with Crippen molar-refractivity contribution >= 4 is 22.0 Å². The Bertz CT molecular complexity index is 1400. The quantitative estimate of drug-likeness (QED) is 0.362. The lowest BCUT2D eigenvalue weighted by Crippen LogP contribution is -2.09. The number of ether oxygens (including phenoxy) is 4. The van der Waals surface area contributed by atoms with Crippen molar-refractivity contribution in [2.24, 2.45) is 0 Å². The zero-order valence-electron chi connectivity index (χ0n) is 18.3. The van der Waals surface area contributed by atoms with Crippen LogP contribution in [0.4, 0.5) is 4.39 Å². The van der Waals surface area contributed by atoms with E-state index in [1.807, 2.05) is 0 Å². The van der Waals surface area contributed by atoms with Gasteiger partial charge in [0, 0.05) is 17.7 Å². The highest BCUT2D eigenvalue weighted by Gasteiger charge is 2.29. The lowest BCUT2D eigenvalue weighted by Gasteiger charge is -2.12. The molecule has 4 rings (SSSR count). The maximum absolute atomic E-state index is 13.1. The maximum Gasteiger partial charge on any atom is 0.339 e. The second-order valence-corrected chi connectivity index (χ2v) is 8.58. The van der Waals surface area contributed by atoms with Crippen LogP contribution in [0.25, 0.3) is 6.08 Å². The Balaban J connectivity index is 1.63. The van der Waals surface area contributed by atoms with E-state index in [9.17, 15) is 17.6 Å². The summed E-state index contributed by atoms with van der Waals surface area (Å²) in [7, 11) is 0.236. The number of carbonyl (C=O) groups is 1. The molecule has 0 saturated heterocycles. The minimum Gasteiger partial charge on any atom is -0.496 e. The molecule has 8 nitrogen and oxygen atoms in total. The molecule has 0 spiro atoms. The molecule has 3 aromatic carbocycles. The molecule has 0 amide bonds. The summed E-state index contributed by atoms with van der Waals surface area (Å²) in [5.74, 6) is 0.385. The zero-order valence-corrected chi connectivity index (χ0v) is 19.1. The van der Waals surface area contributed by atoms with Crippen LogP contribution in [-0.4, -0.2) is 35.5 Å². The Morgan fingerprint density at radius 2 is 1.50 bits per heavy atom. The molecule has 0 aromatic heterocycles. The third-order valence-corrected chi connectivity index (χ3v) is 6.23. The van der Waals surface area contributed by atoms with Gasteiger partial charge in [-0.05, 0) is 48.5 Å². The fourth-order valence-electron chi connectivity index (χ4n) is 3.30. The van der Waals surface area contributed by atoms with E-state index in [1.165, 1.54) is 45.6 Å². The second-order valence-electron chi connectivity index (χ2n) is 7.04. The first-order valence-electron chi connectivity index (χ1n) is 9.84. The van der Waals surface area contributed by atoms with Crippen molar-refractivity contribution in [3.63, 3.8) is 0 Å². The van der Waals surface area contributed by atoms with Crippen LogP contribution in [0.3, 0.4) is 0 Å². The molecule has 0 saturated carbocycles. The fraction of sp³-hybridized carbons (Fsp3) is 0.125. The Morgan fingerprint density at radius 3 is 2.15 bits per heavy atom. The van der Waals surface area contributed by atoms with Crippen LogP contribution in [-0.2, 0) is 10.1 Å². The number of benzene rings is 3. The van der Waals surface area contributed by atoms with Crippen LogP contribution in [0.5, 0.6) is 28.7 Å². The Hall–Kier alpha value is -4.05. The number of carbonyl (C=O) groups excluding carboxylic acids is 1. The van der Waals surface area contributed by atoms with Crippen LogP contribution in [0.15, 0.2) is 65.3 Å². The van der Waals surface area contributed by atoms with Gasteiger partial charge in [0.05, 0.1) is 26.9 Å². The number of methoxy groups -OCH3 is 3. The molecule has 0 aliphatic carbocycles.